The number of aromatic nitrogens is 2. The Morgan fingerprint density at radius 2 is 1.56 bits per heavy atom. The Morgan fingerprint density at radius 1 is 0.861 bits per heavy atom. The zero-order valence-electron chi connectivity index (χ0n) is 19.3. The zero-order valence-corrected chi connectivity index (χ0v) is 19.3. The van der Waals surface area contributed by atoms with Crippen LogP contribution in [0.4, 0.5) is 17.6 Å². The topological polar surface area (TPSA) is 48.2 Å². The van der Waals surface area contributed by atoms with E-state index >= 15 is 0 Å². The van der Waals surface area contributed by atoms with Gasteiger partial charge in [-0.1, -0.05) is 18.2 Å². The van der Waals surface area contributed by atoms with E-state index in [0.717, 1.165) is 37.8 Å². The predicted molar refractivity (Wildman–Crippen MR) is 128 cm³/mol. The Kier molecular flexibility index (Phi) is 8.15. The Hall–Kier alpha value is -3.94. The number of benzene rings is 2. The van der Waals surface area contributed by atoms with Crippen molar-refractivity contribution in [2.75, 3.05) is 0 Å². The lowest BCUT2D eigenvalue weighted by Gasteiger charge is -2.07. The lowest BCUT2D eigenvalue weighted by Crippen LogP contribution is -2.05. The molecule has 0 spiro atoms. The molecule has 0 amide bonds. The number of rotatable bonds is 10. The molecule has 4 aromatic rings. The lowest BCUT2D eigenvalue weighted by molar-refractivity contribution is -0.137. The van der Waals surface area contributed by atoms with E-state index in [9.17, 15) is 17.6 Å². The first-order valence-electron chi connectivity index (χ1n) is 11.5. The summed E-state index contributed by atoms with van der Waals surface area (Å²) in [6.07, 6.45) is 7.37. The number of oxazole rings is 1. The van der Waals surface area contributed by atoms with Crippen LogP contribution in [0.15, 0.2) is 77.7 Å². The van der Waals surface area contributed by atoms with Gasteiger partial charge in [-0.2, -0.15) is 13.2 Å². The molecule has 0 fully saturated rings. The summed E-state index contributed by atoms with van der Waals surface area (Å²) < 4.78 is 63.0. The number of alkyl halides is 3. The monoisotopic (exact) mass is 496 g/mol. The van der Waals surface area contributed by atoms with Crippen molar-refractivity contribution in [3.8, 4) is 5.75 Å². The second kappa shape index (κ2) is 11.7. The van der Waals surface area contributed by atoms with Gasteiger partial charge in [0.05, 0.1) is 5.56 Å². The van der Waals surface area contributed by atoms with Crippen molar-refractivity contribution in [3.63, 3.8) is 0 Å². The largest absolute Gasteiger partial charge is 0.487 e. The van der Waals surface area contributed by atoms with Crippen LogP contribution in [0.3, 0.4) is 0 Å². The van der Waals surface area contributed by atoms with Gasteiger partial charge >= 0.3 is 6.18 Å². The summed E-state index contributed by atoms with van der Waals surface area (Å²) in [6.45, 7) is 0.178. The van der Waals surface area contributed by atoms with Crippen molar-refractivity contribution in [3.05, 3.63) is 113 Å². The maximum atomic E-state index is 14.0. The van der Waals surface area contributed by atoms with Crippen LogP contribution in [0.25, 0.3) is 12.2 Å². The second-order valence-corrected chi connectivity index (χ2v) is 8.24. The van der Waals surface area contributed by atoms with Crippen LogP contribution >= 0.6 is 0 Å². The maximum absolute atomic E-state index is 14.0. The highest BCUT2D eigenvalue weighted by Crippen LogP contribution is 2.30. The van der Waals surface area contributed by atoms with E-state index in [2.05, 4.69) is 9.97 Å². The van der Waals surface area contributed by atoms with Crippen LogP contribution in [0.5, 0.6) is 5.75 Å². The molecule has 2 aromatic heterocycles. The number of ether oxygens (including phenoxy) is 1. The Morgan fingerprint density at radius 3 is 2.22 bits per heavy atom. The molecule has 8 heteroatoms. The summed E-state index contributed by atoms with van der Waals surface area (Å²) in [5.74, 6) is -0.0918. The molecular weight excluding hydrogens is 472 g/mol. The minimum atomic E-state index is -4.60. The Labute approximate surface area is 206 Å². The van der Waals surface area contributed by atoms with E-state index in [1.165, 1.54) is 29.5 Å². The Bertz CT molecular complexity index is 1280. The third kappa shape index (κ3) is 7.28. The van der Waals surface area contributed by atoms with Gasteiger partial charge in [0, 0.05) is 24.0 Å². The lowest BCUT2D eigenvalue weighted by atomic mass is 10.0. The first-order valence-corrected chi connectivity index (χ1v) is 11.5. The molecule has 186 valence electrons. The third-order valence-corrected chi connectivity index (χ3v) is 5.54. The van der Waals surface area contributed by atoms with Crippen molar-refractivity contribution in [1.29, 1.82) is 0 Å². The number of halogens is 4. The van der Waals surface area contributed by atoms with Crippen molar-refractivity contribution >= 4 is 12.2 Å². The molecule has 0 radical (unpaired) electrons. The minimum absolute atomic E-state index is 0.00328. The van der Waals surface area contributed by atoms with Crippen LogP contribution in [0.2, 0.25) is 0 Å². The Balaban J connectivity index is 1.23. The van der Waals surface area contributed by atoms with Gasteiger partial charge in [0.1, 0.15) is 30.1 Å². The van der Waals surface area contributed by atoms with Crippen LogP contribution in [0.1, 0.15) is 46.7 Å². The van der Waals surface area contributed by atoms with Crippen LogP contribution in [0, 0.1) is 5.82 Å². The standard InChI is InChI=1S/C28H24F4N2O2/c29-26-17-23(28(30,31)32)9-7-22(26)8-12-27-34-24(19-36-27)18-35-25-10-5-20(6-11-25)3-1-2-4-21-13-15-33-16-14-21/h5-17,19H,1-4,18H2/b12-8+. The molecule has 36 heavy (non-hydrogen) atoms. The molecule has 0 unspecified atom stereocenters. The van der Waals surface area contributed by atoms with E-state index in [-0.39, 0.29) is 18.1 Å². The maximum Gasteiger partial charge on any atom is 0.416 e. The number of aryl methyl sites for hydroxylation is 2. The number of hydrogen-bond acceptors (Lipinski definition) is 4. The summed E-state index contributed by atoms with van der Waals surface area (Å²) in [5.41, 5.74) is 2.02. The molecule has 0 aliphatic rings. The average molecular weight is 497 g/mol. The van der Waals surface area contributed by atoms with Gasteiger partial charge in [-0.3, -0.25) is 4.98 Å². The smallest absolute Gasteiger partial charge is 0.416 e. The highest BCUT2D eigenvalue weighted by Gasteiger charge is 2.30. The highest BCUT2D eigenvalue weighted by molar-refractivity contribution is 5.66. The molecule has 0 aliphatic carbocycles. The van der Waals surface area contributed by atoms with E-state index in [0.29, 0.717) is 17.5 Å². The van der Waals surface area contributed by atoms with Crippen molar-refractivity contribution in [2.45, 2.75) is 38.5 Å². The first-order chi connectivity index (χ1) is 17.4. The average Bonchev–Trinajstić information content (AvgIpc) is 3.33. The summed E-state index contributed by atoms with van der Waals surface area (Å²) in [7, 11) is 0. The molecular formula is C28H24F4N2O2. The molecule has 0 aliphatic heterocycles. The summed E-state index contributed by atoms with van der Waals surface area (Å²) in [6, 6.07) is 14.3. The van der Waals surface area contributed by atoms with Gasteiger partial charge in [0.2, 0.25) is 5.89 Å². The van der Waals surface area contributed by atoms with E-state index < -0.39 is 17.6 Å². The van der Waals surface area contributed by atoms with Gasteiger partial charge < -0.3 is 9.15 Å². The number of pyridine rings is 1. The van der Waals surface area contributed by atoms with Gasteiger partial charge in [0.15, 0.2) is 0 Å². The van der Waals surface area contributed by atoms with Crippen LogP contribution in [-0.2, 0) is 25.6 Å². The first kappa shape index (κ1) is 25.2. The molecule has 0 bridgehead atoms. The van der Waals surface area contributed by atoms with Crippen LogP contribution < -0.4 is 4.74 Å². The van der Waals surface area contributed by atoms with Crippen molar-refractivity contribution < 1.29 is 26.7 Å². The quantitative estimate of drug-likeness (QED) is 0.168. The number of nitrogens with zero attached hydrogens (tertiary/aromatic N) is 2. The van der Waals surface area contributed by atoms with Crippen molar-refractivity contribution in [1.82, 2.24) is 9.97 Å². The van der Waals surface area contributed by atoms with Gasteiger partial charge in [-0.15, -0.1) is 0 Å². The molecule has 0 saturated carbocycles. The molecule has 0 saturated heterocycles. The molecule has 4 rings (SSSR count). The predicted octanol–water partition coefficient (Wildman–Crippen LogP) is 7.54. The normalized spacial score (nSPS) is 11.8. The fourth-order valence-corrected chi connectivity index (χ4v) is 3.58. The van der Waals surface area contributed by atoms with Gasteiger partial charge in [0.25, 0.3) is 0 Å². The SMILES string of the molecule is Fc1cc(C(F)(F)F)ccc1/C=C/c1nc(COc2ccc(CCCCc3ccncc3)cc2)co1. The minimum Gasteiger partial charge on any atom is -0.487 e. The fourth-order valence-electron chi connectivity index (χ4n) is 3.58. The fraction of sp³-hybridized carbons (Fsp3) is 0.214. The molecule has 4 nitrogen and oxygen atoms in total. The summed E-state index contributed by atoms with van der Waals surface area (Å²) >= 11 is 0. The summed E-state index contributed by atoms with van der Waals surface area (Å²) in [4.78, 5) is 8.27. The van der Waals surface area contributed by atoms with E-state index in [4.69, 9.17) is 9.15 Å². The van der Waals surface area contributed by atoms with Crippen LogP contribution in [-0.4, -0.2) is 9.97 Å². The second-order valence-electron chi connectivity index (χ2n) is 8.24. The molecule has 0 atom stereocenters. The molecule has 2 heterocycles. The zero-order chi connectivity index (χ0) is 25.4. The molecule has 2 aromatic carbocycles. The van der Waals surface area contributed by atoms with Crippen molar-refractivity contribution in [2.24, 2.45) is 0 Å². The number of hydrogen-bond donors (Lipinski definition) is 0. The number of unbranched alkanes of at least 4 members (excludes halogenated alkanes) is 1. The molecule has 0 N–H and O–H groups in total. The van der Waals surface area contributed by atoms with Gasteiger partial charge in [-0.25, -0.2) is 9.37 Å². The third-order valence-electron chi connectivity index (χ3n) is 5.54. The van der Waals surface area contributed by atoms with Gasteiger partial charge in [-0.05, 0) is 79.3 Å². The summed E-state index contributed by atoms with van der Waals surface area (Å²) in [5, 5.41) is 0. The van der Waals surface area contributed by atoms with E-state index in [1.807, 2.05) is 48.8 Å². The van der Waals surface area contributed by atoms with E-state index in [1.54, 1.807) is 0 Å². The highest BCUT2D eigenvalue weighted by atomic mass is 19.4.